The highest BCUT2D eigenvalue weighted by molar-refractivity contribution is 5.83. The van der Waals surface area contributed by atoms with Crippen LogP contribution in [0.4, 0.5) is 4.79 Å². The highest BCUT2D eigenvalue weighted by atomic mass is 16.2. The molecule has 0 aliphatic carbocycles. The quantitative estimate of drug-likeness (QED) is 0.924. The smallest absolute Gasteiger partial charge is 0.336 e. The number of rotatable bonds is 3. The summed E-state index contributed by atoms with van der Waals surface area (Å²) in [4.78, 5) is 18.2. The largest absolute Gasteiger partial charge is 0.361 e. The molecule has 1 fully saturated rings. The minimum Gasteiger partial charge on any atom is -0.361 e. The van der Waals surface area contributed by atoms with Gasteiger partial charge in [0.1, 0.15) is 0 Å². The Morgan fingerprint density at radius 2 is 1.95 bits per heavy atom. The number of benzene rings is 1. The van der Waals surface area contributed by atoms with E-state index in [9.17, 15) is 4.79 Å². The van der Waals surface area contributed by atoms with E-state index in [-0.39, 0.29) is 0 Å². The van der Waals surface area contributed by atoms with Gasteiger partial charge in [0.25, 0.3) is 0 Å². The molecule has 0 unspecified atom stereocenters. The first-order chi connectivity index (χ1) is 9.74. The number of nitrogens with one attached hydrogen (secondary N) is 2. The summed E-state index contributed by atoms with van der Waals surface area (Å²) in [6, 6.07) is 7.80. The van der Waals surface area contributed by atoms with Crippen molar-refractivity contribution in [1.29, 1.82) is 0 Å². The molecule has 0 atom stereocenters. The summed E-state index contributed by atoms with van der Waals surface area (Å²) >= 11 is 0. The maximum Gasteiger partial charge on any atom is 0.336 e. The maximum absolute atomic E-state index is 11.0. The first kappa shape index (κ1) is 13.0. The Balaban J connectivity index is 1.57. The van der Waals surface area contributed by atoms with Crippen molar-refractivity contribution < 1.29 is 4.79 Å². The van der Waals surface area contributed by atoms with Crippen LogP contribution in [-0.4, -0.2) is 53.5 Å². The summed E-state index contributed by atoms with van der Waals surface area (Å²) < 4.78 is 0. The molecule has 2 aromatic rings. The Bertz CT molecular complexity index is 599. The Labute approximate surface area is 118 Å². The van der Waals surface area contributed by atoms with Crippen molar-refractivity contribution in [2.45, 2.75) is 6.42 Å². The van der Waals surface area contributed by atoms with Gasteiger partial charge in [-0.2, -0.15) is 0 Å². The predicted octanol–water partition coefficient (Wildman–Crippen LogP) is 1.73. The van der Waals surface area contributed by atoms with Gasteiger partial charge < -0.3 is 9.88 Å². The van der Waals surface area contributed by atoms with Gasteiger partial charge in [-0.3, -0.25) is 4.90 Å². The molecule has 3 rings (SSSR count). The van der Waals surface area contributed by atoms with Crippen LogP contribution in [0.5, 0.6) is 0 Å². The standard InChI is InChI=1S/C15H19N4O/c16-15(20)19-9-7-18(8-10-19)6-5-12-11-17-14-4-2-1-3-13(12)14/h1-4,11,16-17H,5-10H2. The Morgan fingerprint density at radius 1 is 1.20 bits per heavy atom. The number of fused-ring (bicyclic) bond motifs is 1. The number of hydrogen-bond donors (Lipinski definition) is 1. The van der Waals surface area contributed by atoms with E-state index in [1.54, 1.807) is 4.90 Å². The molecule has 0 bridgehead atoms. The second-order valence-corrected chi connectivity index (χ2v) is 5.24. The molecule has 5 nitrogen and oxygen atoms in total. The molecule has 1 saturated heterocycles. The summed E-state index contributed by atoms with van der Waals surface area (Å²) in [6.45, 7) is 4.09. The molecule has 2 N–H and O–H groups in total. The molecule has 105 valence electrons. The van der Waals surface area contributed by atoms with E-state index in [1.807, 2.05) is 6.07 Å². The van der Waals surface area contributed by atoms with Crippen molar-refractivity contribution in [3.63, 3.8) is 0 Å². The summed E-state index contributed by atoms with van der Waals surface area (Å²) in [5, 5.41) is 1.30. The van der Waals surface area contributed by atoms with Crippen LogP contribution in [0.1, 0.15) is 5.56 Å². The van der Waals surface area contributed by atoms with Crippen LogP contribution < -0.4 is 5.73 Å². The zero-order valence-corrected chi connectivity index (χ0v) is 11.4. The van der Waals surface area contributed by atoms with Gasteiger partial charge in [-0.1, -0.05) is 18.2 Å². The van der Waals surface area contributed by atoms with E-state index in [0.717, 1.165) is 26.1 Å². The van der Waals surface area contributed by atoms with Gasteiger partial charge in [-0.05, 0) is 18.1 Å². The number of carbonyl (C=O) groups is 1. The van der Waals surface area contributed by atoms with E-state index in [1.165, 1.54) is 16.5 Å². The van der Waals surface area contributed by atoms with Gasteiger partial charge in [0.15, 0.2) is 0 Å². The molecule has 1 radical (unpaired) electrons. The van der Waals surface area contributed by atoms with Crippen LogP contribution in [-0.2, 0) is 6.42 Å². The molecule has 2 amide bonds. The lowest BCUT2D eigenvalue weighted by atomic mass is 10.1. The van der Waals surface area contributed by atoms with Crippen molar-refractivity contribution in [2.75, 3.05) is 32.7 Å². The molecular formula is C15H19N4O. The second kappa shape index (κ2) is 5.54. The normalized spacial score (nSPS) is 16.7. The van der Waals surface area contributed by atoms with Crippen LogP contribution >= 0.6 is 0 Å². The average Bonchev–Trinajstić information content (AvgIpc) is 2.89. The first-order valence-corrected chi connectivity index (χ1v) is 7.02. The summed E-state index contributed by atoms with van der Waals surface area (Å²) in [5.41, 5.74) is 9.64. The maximum atomic E-state index is 11.0. The third-order valence-corrected chi connectivity index (χ3v) is 4.03. The number of hydrogen-bond acceptors (Lipinski definition) is 2. The third kappa shape index (κ3) is 2.63. The van der Waals surface area contributed by atoms with Crippen LogP contribution in [0.3, 0.4) is 0 Å². The number of aromatic amines is 1. The van der Waals surface area contributed by atoms with Gasteiger partial charge in [0.05, 0.1) is 0 Å². The van der Waals surface area contributed by atoms with Gasteiger partial charge in [-0.15, -0.1) is 0 Å². The van der Waals surface area contributed by atoms with Gasteiger partial charge in [-0.25, -0.2) is 10.5 Å². The summed E-state index contributed by atoms with van der Waals surface area (Å²) in [7, 11) is 0. The number of piperazine rings is 1. The number of H-pyrrole nitrogens is 1. The minimum absolute atomic E-state index is 0.554. The minimum atomic E-state index is -0.554. The molecule has 1 aliphatic rings. The van der Waals surface area contributed by atoms with E-state index < -0.39 is 6.03 Å². The molecule has 1 aromatic carbocycles. The molecular weight excluding hydrogens is 252 g/mol. The summed E-state index contributed by atoms with van der Waals surface area (Å²) in [6.07, 6.45) is 3.10. The molecule has 5 heteroatoms. The fourth-order valence-electron chi connectivity index (χ4n) is 2.79. The van der Waals surface area contributed by atoms with Crippen LogP contribution in [0.15, 0.2) is 30.5 Å². The Morgan fingerprint density at radius 3 is 2.70 bits per heavy atom. The number of urea groups is 1. The average molecular weight is 271 g/mol. The SMILES string of the molecule is [NH]C(=O)N1CCN(CCc2c[nH]c3ccccc23)CC1. The topological polar surface area (TPSA) is 63.1 Å². The van der Waals surface area contributed by atoms with Crippen molar-refractivity contribution >= 4 is 16.9 Å². The van der Waals surface area contributed by atoms with Crippen LogP contribution in [0.25, 0.3) is 10.9 Å². The molecule has 1 aliphatic heterocycles. The second-order valence-electron chi connectivity index (χ2n) is 5.24. The zero-order chi connectivity index (χ0) is 13.9. The van der Waals surface area contributed by atoms with Gasteiger partial charge >= 0.3 is 6.03 Å². The van der Waals surface area contributed by atoms with Crippen LogP contribution in [0, 0.1) is 0 Å². The van der Waals surface area contributed by atoms with Crippen LogP contribution in [0.2, 0.25) is 0 Å². The number of amides is 2. The van der Waals surface area contributed by atoms with Crippen molar-refractivity contribution in [2.24, 2.45) is 0 Å². The predicted molar refractivity (Wildman–Crippen MR) is 78.5 cm³/mol. The van der Waals surface area contributed by atoms with E-state index in [4.69, 9.17) is 5.73 Å². The molecule has 0 spiro atoms. The van der Waals surface area contributed by atoms with E-state index in [0.29, 0.717) is 13.1 Å². The number of carbonyl (C=O) groups excluding carboxylic acids is 1. The summed E-state index contributed by atoms with van der Waals surface area (Å²) in [5.74, 6) is 0. The molecule has 1 aromatic heterocycles. The van der Waals surface area contributed by atoms with Gasteiger partial charge in [0.2, 0.25) is 0 Å². The number of para-hydroxylation sites is 1. The van der Waals surface area contributed by atoms with E-state index in [2.05, 4.69) is 34.3 Å². The number of aromatic nitrogens is 1. The lowest BCUT2D eigenvalue weighted by molar-refractivity contribution is 0.145. The molecule has 20 heavy (non-hydrogen) atoms. The van der Waals surface area contributed by atoms with Crippen molar-refractivity contribution in [3.8, 4) is 0 Å². The zero-order valence-electron chi connectivity index (χ0n) is 11.4. The monoisotopic (exact) mass is 271 g/mol. The van der Waals surface area contributed by atoms with E-state index >= 15 is 0 Å². The van der Waals surface area contributed by atoms with Crippen molar-refractivity contribution in [1.82, 2.24) is 20.5 Å². The third-order valence-electron chi connectivity index (χ3n) is 4.03. The fourth-order valence-corrected chi connectivity index (χ4v) is 2.79. The Kier molecular flexibility index (Phi) is 3.60. The highest BCUT2D eigenvalue weighted by Gasteiger charge is 2.19. The highest BCUT2D eigenvalue weighted by Crippen LogP contribution is 2.18. The van der Waals surface area contributed by atoms with Gasteiger partial charge in [0, 0.05) is 49.8 Å². The lowest BCUT2D eigenvalue weighted by Crippen LogP contribution is -2.49. The number of nitrogens with zero attached hydrogens (tertiary/aromatic N) is 2. The molecule has 0 saturated carbocycles. The Hall–Kier alpha value is -2.01. The first-order valence-electron chi connectivity index (χ1n) is 7.02. The molecule has 2 heterocycles. The fraction of sp³-hybridized carbons (Fsp3) is 0.400. The lowest BCUT2D eigenvalue weighted by Gasteiger charge is -2.33. The van der Waals surface area contributed by atoms with Crippen molar-refractivity contribution in [3.05, 3.63) is 36.0 Å².